The molecular formula is C13H16ClN3O. The van der Waals surface area contributed by atoms with Crippen LogP contribution in [0.5, 0.6) is 0 Å². The van der Waals surface area contributed by atoms with Crippen LogP contribution in [-0.2, 0) is 4.79 Å². The molecule has 2 unspecified atom stereocenters. The van der Waals surface area contributed by atoms with E-state index >= 15 is 0 Å². The fraction of sp³-hybridized carbons (Fsp3) is 0.462. The minimum atomic E-state index is 0.111. The number of amides is 1. The van der Waals surface area contributed by atoms with Gasteiger partial charge in [0.05, 0.1) is 6.54 Å². The van der Waals surface area contributed by atoms with Gasteiger partial charge in [0.1, 0.15) is 0 Å². The zero-order valence-corrected chi connectivity index (χ0v) is 10.8. The summed E-state index contributed by atoms with van der Waals surface area (Å²) >= 11 is 6.05. The lowest BCUT2D eigenvalue weighted by Crippen LogP contribution is -2.62. The van der Waals surface area contributed by atoms with Crippen molar-refractivity contribution in [3.8, 4) is 0 Å². The molecule has 5 heteroatoms. The van der Waals surface area contributed by atoms with Crippen LogP contribution < -0.4 is 10.6 Å². The van der Waals surface area contributed by atoms with E-state index in [1.54, 1.807) is 0 Å². The van der Waals surface area contributed by atoms with E-state index in [4.69, 9.17) is 11.6 Å². The van der Waals surface area contributed by atoms with Gasteiger partial charge in [-0.05, 0) is 17.7 Å². The predicted molar refractivity (Wildman–Crippen MR) is 70.6 cm³/mol. The molecule has 3 rings (SSSR count). The zero-order chi connectivity index (χ0) is 12.5. The highest BCUT2D eigenvalue weighted by molar-refractivity contribution is 6.30. The predicted octanol–water partition coefficient (Wildman–Crippen LogP) is 0.785. The Bertz CT molecular complexity index is 465. The second-order valence-corrected chi connectivity index (χ2v) is 5.30. The van der Waals surface area contributed by atoms with Gasteiger partial charge >= 0.3 is 0 Å². The highest BCUT2D eigenvalue weighted by Crippen LogP contribution is 2.27. The molecule has 1 amide bonds. The highest BCUT2D eigenvalue weighted by atomic mass is 35.5. The van der Waals surface area contributed by atoms with E-state index in [1.807, 2.05) is 18.2 Å². The van der Waals surface area contributed by atoms with Gasteiger partial charge < -0.3 is 10.6 Å². The Labute approximate surface area is 111 Å². The van der Waals surface area contributed by atoms with Crippen molar-refractivity contribution >= 4 is 17.5 Å². The first-order chi connectivity index (χ1) is 8.74. The number of fused-ring (bicyclic) bond motifs is 1. The molecule has 18 heavy (non-hydrogen) atoms. The number of rotatable bonds is 1. The minimum Gasteiger partial charge on any atom is -0.353 e. The van der Waals surface area contributed by atoms with Crippen molar-refractivity contribution in [2.75, 3.05) is 26.2 Å². The van der Waals surface area contributed by atoms with E-state index in [2.05, 4.69) is 21.6 Å². The van der Waals surface area contributed by atoms with Crippen LogP contribution in [0.3, 0.4) is 0 Å². The third kappa shape index (κ3) is 2.23. The number of nitrogens with zero attached hydrogens (tertiary/aromatic N) is 1. The Hall–Kier alpha value is -1.10. The van der Waals surface area contributed by atoms with Crippen LogP contribution in [0.15, 0.2) is 24.3 Å². The molecule has 96 valence electrons. The maximum Gasteiger partial charge on any atom is 0.234 e. The van der Waals surface area contributed by atoms with Crippen LogP contribution in [0.25, 0.3) is 0 Å². The summed E-state index contributed by atoms with van der Waals surface area (Å²) in [4.78, 5) is 13.8. The van der Waals surface area contributed by atoms with Crippen LogP contribution in [0.1, 0.15) is 11.6 Å². The summed E-state index contributed by atoms with van der Waals surface area (Å²) in [5, 5.41) is 7.10. The number of piperazine rings is 2. The Morgan fingerprint density at radius 3 is 3.00 bits per heavy atom. The highest BCUT2D eigenvalue weighted by Gasteiger charge is 2.35. The second-order valence-electron chi connectivity index (χ2n) is 4.86. The van der Waals surface area contributed by atoms with Crippen molar-refractivity contribution in [3.63, 3.8) is 0 Å². The fourth-order valence-electron chi connectivity index (χ4n) is 2.78. The minimum absolute atomic E-state index is 0.111. The molecular weight excluding hydrogens is 250 g/mol. The lowest BCUT2D eigenvalue weighted by molar-refractivity contribution is -0.127. The molecule has 2 saturated heterocycles. The number of hydrogen-bond acceptors (Lipinski definition) is 3. The number of benzene rings is 1. The number of carbonyl (C=O) groups excluding carboxylic acids is 1. The molecule has 0 radical (unpaired) electrons. The SMILES string of the molecule is O=C1CN2C(CNCC2c2cccc(Cl)c2)CN1. The quantitative estimate of drug-likeness (QED) is 0.789. The van der Waals surface area contributed by atoms with Crippen LogP contribution in [0.4, 0.5) is 0 Å². The van der Waals surface area contributed by atoms with Crippen LogP contribution in [0, 0.1) is 0 Å². The lowest BCUT2D eigenvalue weighted by Gasteiger charge is -2.45. The van der Waals surface area contributed by atoms with E-state index in [0.717, 1.165) is 24.7 Å². The van der Waals surface area contributed by atoms with Gasteiger partial charge in [0.2, 0.25) is 5.91 Å². The van der Waals surface area contributed by atoms with Crippen molar-refractivity contribution in [1.29, 1.82) is 0 Å². The Morgan fingerprint density at radius 1 is 1.28 bits per heavy atom. The standard InChI is InChI=1S/C13H16ClN3O/c14-10-3-1-2-9(4-10)12-7-15-5-11-6-16-13(18)8-17(11)12/h1-4,11-12,15H,5-8H2,(H,16,18). The Balaban J connectivity index is 1.88. The van der Waals surface area contributed by atoms with Gasteiger partial charge in [0.15, 0.2) is 0 Å². The summed E-state index contributed by atoms with van der Waals surface area (Å²) < 4.78 is 0. The van der Waals surface area contributed by atoms with E-state index in [9.17, 15) is 4.79 Å². The van der Waals surface area contributed by atoms with Crippen LogP contribution in [-0.4, -0.2) is 43.0 Å². The second kappa shape index (κ2) is 4.88. The van der Waals surface area contributed by atoms with Gasteiger partial charge in [0.25, 0.3) is 0 Å². The van der Waals surface area contributed by atoms with Crippen molar-refractivity contribution in [1.82, 2.24) is 15.5 Å². The first-order valence-electron chi connectivity index (χ1n) is 6.22. The first kappa shape index (κ1) is 12.0. The molecule has 0 aromatic heterocycles. The number of nitrogens with one attached hydrogen (secondary N) is 2. The smallest absolute Gasteiger partial charge is 0.234 e. The maximum absolute atomic E-state index is 11.6. The molecule has 0 aliphatic carbocycles. The average molecular weight is 266 g/mol. The van der Waals surface area contributed by atoms with E-state index in [-0.39, 0.29) is 11.9 Å². The van der Waals surface area contributed by atoms with E-state index < -0.39 is 0 Å². The number of halogens is 1. The van der Waals surface area contributed by atoms with E-state index in [1.165, 1.54) is 5.56 Å². The molecule has 2 atom stereocenters. The van der Waals surface area contributed by atoms with Gasteiger partial charge in [-0.15, -0.1) is 0 Å². The van der Waals surface area contributed by atoms with Gasteiger partial charge in [-0.2, -0.15) is 0 Å². The fourth-order valence-corrected chi connectivity index (χ4v) is 2.98. The van der Waals surface area contributed by atoms with Gasteiger partial charge in [-0.25, -0.2) is 0 Å². The van der Waals surface area contributed by atoms with Gasteiger partial charge in [0, 0.05) is 36.7 Å². The van der Waals surface area contributed by atoms with Crippen molar-refractivity contribution in [2.24, 2.45) is 0 Å². The molecule has 4 nitrogen and oxygen atoms in total. The average Bonchev–Trinajstić information content (AvgIpc) is 2.38. The largest absolute Gasteiger partial charge is 0.353 e. The van der Waals surface area contributed by atoms with Crippen LogP contribution >= 0.6 is 11.6 Å². The zero-order valence-electron chi connectivity index (χ0n) is 10.0. The van der Waals surface area contributed by atoms with Gasteiger partial charge in [-0.1, -0.05) is 23.7 Å². The maximum atomic E-state index is 11.6. The topological polar surface area (TPSA) is 44.4 Å². The lowest BCUT2D eigenvalue weighted by atomic mass is 9.98. The molecule has 0 spiro atoms. The molecule has 2 heterocycles. The molecule has 2 fully saturated rings. The third-order valence-corrected chi connectivity index (χ3v) is 3.92. The van der Waals surface area contributed by atoms with Crippen molar-refractivity contribution < 1.29 is 4.79 Å². The summed E-state index contributed by atoms with van der Waals surface area (Å²) in [5.74, 6) is 0.111. The molecule has 0 saturated carbocycles. The number of hydrogen-bond donors (Lipinski definition) is 2. The van der Waals surface area contributed by atoms with Crippen molar-refractivity contribution in [2.45, 2.75) is 12.1 Å². The molecule has 0 bridgehead atoms. The van der Waals surface area contributed by atoms with Crippen molar-refractivity contribution in [3.05, 3.63) is 34.9 Å². The molecule has 1 aromatic rings. The Morgan fingerprint density at radius 2 is 2.17 bits per heavy atom. The van der Waals surface area contributed by atoms with E-state index in [0.29, 0.717) is 12.6 Å². The molecule has 2 N–H and O–H groups in total. The number of carbonyl (C=O) groups is 1. The first-order valence-corrected chi connectivity index (χ1v) is 6.60. The van der Waals surface area contributed by atoms with Crippen LogP contribution in [0.2, 0.25) is 5.02 Å². The van der Waals surface area contributed by atoms with Gasteiger partial charge in [-0.3, -0.25) is 9.69 Å². The monoisotopic (exact) mass is 265 g/mol. The summed E-state index contributed by atoms with van der Waals surface area (Å²) in [6, 6.07) is 8.51. The summed E-state index contributed by atoms with van der Waals surface area (Å²) in [5.41, 5.74) is 1.18. The molecule has 2 aliphatic rings. The summed E-state index contributed by atoms with van der Waals surface area (Å²) in [7, 11) is 0. The molecule has 1 aromatic carbocycles. The Kier molecular flexibility index (Phi) is 3.24. The normalized spacial score (nSPS) is 28.6. The third-order valence-electron chi connectivity index (χ3n) is 3.68. The summed E-state index contributed by atoms with van der Waals surface area (Å²) in [6.45, 7) is 2.99. The summed E-state index contributed by atoms with van der Waals surface area (Å²) in [6.07, 6.45) is 0. The molecule has 2 aliphatic heterocycles.